The van der Waals surface area contributed by atoms with Crippen molar-refractivity contribution in [2.45, 2.75) is 11.7 Å². The molecule has 13 heteroatoms. The molecule has 33 heavy (non-hydrogen) atoms. The summed E-state index contributed by atoms with van der Waals surface area (Å²) >= 11 is 0. The molecule has 2 aromatic rings. The van der Waals surface area contributed by atoms with Crippen LogP contribution >= 0.6 is 0 Å². The van der Waals surface area contributed by atoms with Gasteiger partial charge in [-0.05, 0) is 18.2 Å². The molecule has 0 aliphatic carbocycles. The lowest BCUT2D eigenvalue weighted by atomic mass is 9.89. The smallest absolute Gasteiger partial charge is 0.416 e. The molecule has 1 amide bonds. The number of hydrogen-bond acceptors (Lipinski definition) is 9. The third-order valence-corrected chi connectivity index (χ3v) is 5.14. The third kappa shape index (κ3) is 5.07. The van der Waals surface area contributed by atoms with E-state index in [4.69, 9.17) is 20.9 Å². The van der Waals surface area contributed by atoms with E-state index in [-0.39, 0.29) is 35.3 Å². The predicted octanol–water partition coefficient (Wildman–Crippen LogP) is 1.08. The Balaban J connectivity index is 2.21. The fourth-order valence-electron chi connectivity index (χ4n) is 3.56. The van der Waals surface area contributed by atoms with Crippen LogP contribution in [0.4, 0.5) is 24.8 Å². The first-order valence-electron chi connectivity index (χ1n) is 9.78. The molecular formula is C20H22F3N7O3. The number of methoxy groups -OCH3 is 1. The molecule has 1 atom stereocenters. The van der Waals surface area contributed by atoms with Gasteiger partial charge in [-0.3, -0.25) is 9.69 Å². The van der Waals surface area contributed by atoms with E-state index in [1.165, 1.54) is 19.2 Å². The maximum absolute atomic E-state index is 13.3. The minimum atomic E-state index is -4.61. The van der Waals surface area contributed by atoms with Crippen LogP contribution in [0.1, 0.15) is 16.8 Å². The molecule has 0 unspecified atom stereocenters. The van der Waals surface area contributed by atoms with Crippen LogP contribution in [0.5, 0.6) is 5.88 Å². The molecule has 2 heterocycles. The predicted molar refractivity (Wildman–Crippen MR) is 111 cm³/mol. The standard InChI is InChI=1S/C20H22F3N7O3/c1-32-16-14(10-24)15(27-18(26)28-16)19(17(25)31,11-30-5-7-33-8-6-30)29-13-4-2-3-12(9-13)20(21,22)23/h2-4,9,29H,5-8,11H2,1H3,(H2,25,31)(H2,26,27,28)/t19-/m1/s1. The number of anilines is 2. The van der Waals surface area contributed by atoms with E-state index in [2.05, 4.69) is 15.3 Å². The second-order valence-electron chi connectivity index (χ2n) is 7.29. The molecule has 10 nitrogen and oxygen atoms in total. The van der Waals surface area contributed by atoms with Crippen LogP contribution in [0.15, 0.2) is 24.3 Å². The van der Waals surface area contributed by atoms with Crippen LogP contribution in [-0.4, -0.2) is 60.7 Å². The fourth-order valence-corrected chi connectivity index (χ4v) is 3.56. The van der Waals surface area contributed by atoms with Crippen LogP contribution in [0.3, 0.4) is 0 Å². The number of ether oxygens (including phenoxy) is 2. The van der Waals surface area contributed by atoms with E-state index in [0.29, 0.717) is 26.3 Å². The summed E-state index contributed by atoms with van der Waals surface area (Å²) in [5, 5.41) is 12.6. The van der Waals surface area contributed by atoms with Crippen molar-refractivity contribution in [1.82, 2.24) is 14.9 Å². The van der Waals surface area contributed by atoms with Gasteiger partial charge in [-0.1, -0.05) is 6.07 Å². The van der Waals surface area contributed by atoms with E-state index in [1.54, 1.807) is 0 Å². The largest absolute Gasteiger partial charge is 0.480 e. The van der Waals surface area contributed by atoms with Crippen molar-refractivity contribution < 1.29 is 27.4 Å². The molecule has 5 N–H and O–H groups in total. The number of carbonyl (C=O) groups excluding carboxylic acids is 1. The number of benzene rings is 1. The van der Waals surface area contributed by atoms with Gasteiger partial charge in [-0.15, -0.1) is 0 Å². The van der Waals surface area contributed by atoms with Crippen molar-refractivity contribution in [3.05, 3.63) is 41.1 Å². The van der Waals surface area contributed by atoms with E-state index in [1.807, 2.05) is 11.0 Å². The van der Waals surface area contributed by atoms with Gasteiger partial charge in [0.05, 0.1) is 25.9 Å². The zero-order valence-electron chi connectivity index (χ0n) is 17.6. The number of hydrogen-bond donors (Lipinski definition) is 3. The minimum absolute atomic E-state index is 0.0584. The maximum atomic E-state index is 13.3. The van der Waals surface area contributed by atoms with Crippen molar-refractivity contribution in [1.29, 1.82) is 5.26 Å². The van der Waals surface area contributed by atoms with Gasteiger partial charge in [0.2, 0.25) is 11.8 Å². The van der Waals surface area contributed by atoms with E-state index in [9.17, 15) is 23.2 Å². The molecule has 3 rings (SSSR count). The van der Waals surface area contributed by atoms with Gasteiger partial charge in [0.15, 0.2) is 5.54 Å². The first kappa shape index (κ1) is 24.0. The average Bonchev–Trinajstić information content (AvgIpc) is 2.78. The monoisotopic (exact) mass is 465 g/mol. The second kappa shape index (κ2) is 9.47. The topological polar surface area (TPSA) is 152 Å². The molecule has 1 saturated heterocycles. The zero-order chi connectivity index (χ0) is 24.2. The molecule has 1 aliphatic rings. The number of carbonyl (C=O) groups is 1. The van der Waals surface area contributed by atoms with Crippen LogP contribution in [0.25, 0.3) is 0 Å². The molecule has 0 bridgehead atoms. The van der Waals surface area contributed by atoms with Crippen molar-refractivity contribution in [2.75, 3.05) is 51.0 Å². The number of morpholine rings is 1. The lowest BCUT2D eigenvalue weighted by Crippen LogP contribution is -2.57. The summed E-state index contributed by atoms with van der Waals surface area (Å²) in [6, 6.07) is 6.15. The van der Waals surface area contributed by atoms with Gasteiger partial charge in [0, 0.05) is 25.3 Å². The first-order chi connectivity index (χ1) is 15.6. The normalized spacial score (nSPS) is 16.5. The SMILES string of the molecule is COc1nc(N)nc([C@@](CN2CCOCC2)(Nc2cccc(C(F)(F)F)c2)C(N)=O)c1C#N. The number of aromatic nitrogens is 2. The van der Waals surface area contributed by atoms with Gasteiger partial charge in [-0.2, -0.15) is 23.4 Å². The summed E-state index contributed by atoms with van der Waals surface area (Å²) in [7, 11) is 1.25. The molecule has 176 valence electrons. The number of alkyl halides is 3. The summed E-state index contributed by atoms with van der Waals surface area (Å²) < 4.78 is 50.3. The lowest BCUT2D eigenvalue weighted by molar-refractivity contribution is -0.137. The number of nitrogens with two attached hydrogens (primary N) is 2. The Morgan fingerprint density at radius 1 is 1.33 bits per heavy atom. The number of rotatable bonds is 7. The van der Waals surface area contributed by atoms with Crippen molar-refractivity contribution in [3.63, 3.8) is 0 Å². The van der Waals surface area contributed by atoms with E-state index >= 15 is 0 Å². The molecule has 1 fully saturated rings. The Labute approximate surface area is 187 Å². The van der Waals surface area contributed by atoms with Crippen LogP contribution in [-0.2, 0) is 21.2 Å². The minimum Gasteiger partial charge on any atom is -0.480 e. The number of nitrogens with zero attached hydrogens (tertiary/aromatic N) is 4. The highest BCUT2D eigenvalue weighted by atomic mass is 19.4. The van der Waals surface area contributed by atoms with E-state index in [0.717, 1.165) is 12.1 Å². The zero-order valence-corrected chi connectivity index (χ0v) is 17.6. The summed E-state index contributed by atoms with van der Waals surface area (Å²) in [5.74, 6) is -1.49. The van der Waals surface area contributed by atoms with Crippen LogP contribution in [0.2, 0.25) is 0 Å². The number of nitrogen functional groups attached to an aromatic ring is 1. The Morgan fingerprint density at radius 3 is 2.61 bits per heavy atom. The van der Waals surface area contributed by atoms with Gasteiger partial charge in [0.25, 0.3) is 5.91 Å². The number of primary amides is 1. The lowest BCUT2D eigenvalue weighted by Gasteiger charge is -2.38. The Hall–Kier alpha value is -3.63. The number of nitrogens with one attached hydrogen (secondary N) is 1. The summed E-state index contributed by atoms with van der Waals surface area (Å²) in [5.41, 5.74) is 8.25. The molecule has 0 spiro atoms. The Morgan fingerprint density at radius 2 is 2.03 bits per heavy atom. The molecular weight excluding hydrogens is 443 g/mol. The number of amides is 1. The summed E-state index contributed by atoms with van der Waals surface area (Å²) in [4.78, 5) is 22.8. The van der Waals surface area contributed by atoms with E-state index < -0.39 is 23.2 Å². The first-order valence-corrected chi connectivity index (χ1v) is 9.78. The highest BCUT2D eigenvalue weighted by Gasteiger charge is 2.46. The molecule has 1 aromatic heterocycles. The summed E-state index contributed by atoms with van der Waals surface area (Å²) in [6.45, 7) is 1.45. The Bertz CT molecular complexity index is 1070. The second-order valence-corrected chi connectivity index (χ2v) is 7.29. The molecule has 1 aliphatic heterocycles. The van der Waals surface area contributed by atoms with Crippen LogP contribution in [0, 0.1) is 11.3 Å². The number of halogens is 3. The third-order valence-electron chi connectivity index (χ3n) is 5.14. The van der Waals surface area contributed by atoms with Crippen LogP contribution < -0.4 is 21.5 Å². The highest BCUT2D eigenvalue weighted by molar-refractivity contribution is 5.90. The maximum Gasteiger partial charge on any atom is 0.416 e. The van der Waals surface area contributed by atoms with Crippen molar-refractivity contribution >= 4 is 17.5 Å². The van der Waals surface area contributed by atoms with Gasteiger partial charge in [0.1, 0.15) is 17.3 Å². The molecule has 1 aromatic carbocycles. The van der Waals surface area contributed by atoms with Gasteiger partial charge in [-0.25, -0.2) is 4.98 Å². The fraction of sp³-hybridized carbons (Fsp3) is 0.400. The summed E-state index contributed by atoms with van der Waals surface area (Å²) in [6.07, 6.45) is -4.61. The van der Waals surface area contributed by atoms with Crippen molar-refractivity contribution in [3.8, 4) is 11.9 Å². The quantitative estimate of drug-likeness (QED) is 0.545. The highest BCUT2D eigenvalue weighted by Crippen LogP contribution is 2.35. The molecule has 0 radical (unpaired) electrons. The average molecular weight is 465 g/mol. The van der Waals surface area contributed by atoms with Gasteiger partial charge < -0.3 is 26.3 Å². The molecule has 0 saturated carbocycles. The van der Waals surface area contributed by atoms with Crippen molar-refractivity contribution in [2.24, 2.45) is 5.73 Å². The number of nitriles is 1. The van der Waals surface area contributed by atoms with Gasteiger partial charge >= 0.3 is 6.18 Å². The Kier molecular flexibility index (Phi) is 6.89.